The number of hydrogen-bond acceptors (Lipinski definition) is 6. The lowest BCUT2D eigenvalue weighted by Crippen LogP contribution is -2.47. The molecule has 1 fully saturated rings. The number of carbonyl (C=O) groups excluding carboxylic acids is 3. The standard InChI is InChI=1S/C23H35N3O6/c1-3-30-14-11-24-20(27)16-23(21(28)25-12-15-31-4-2)10-13-26(18-23)22(29)32-17-19-8-6-5-7-9-19/h5-9H,3-4,10-18H2,1-2H3,(H,24,27)(H,25,28). The summed E-state index contributed by atoms with van der Waals surface area (Å²) in [4.78, 5) is 39.7. The van der Waals surface area contributed by atoms with Gasteiger partial charge in [-0.2, -0.15) is 0 Å². The molecule has 1 aliphatic rings. The summed E-state index contributed by atoms with van der Waals surface area (Å²) >= 11 is 0. The van der Waals surface area contributed by atoms with Crippen molar-refractivity contribution in [3.05, 3.63) is 35.9 Å². The lowest BCUT2D eigenvalue weighted by molar-refractivity contribution is -0.136. The van der Waals surface area contributed by atoms with Gasteiger partial charge in [0.25, 0.3) is 0 Å². The van der Waals surface area contributed by atoms with Crippen LogP contribution in [0.4, 0.5) is 4.79 Å². The van der Waals surface area contributed by atoms with Crippen LogP contribution in [0, 0.1) is 5.41 Å². The average molecular weight is 450 g/mol. The minimum Gasteiger partial charge on any atom is -0.445 e. The van der Waals surface area contributed by atoms with Gasteiger partial charge in [-0.3, -0.25) is 9.59 Å². The van der Waals surface area contributed by atoms with E-state index in [4.69, 9.17) is 14.2 Å². The molecule has 0 saturated carbocycles. The molecule has 0 spiro atoms. The summed E-state index contributed by atoms with van der Waals surface area (Å²) < 4.78 is 15.9. The van der Waals surface area contributed by atoms with Crippen molar-refractivity contribution in [3.8, 4) is 0 Å². The Morgan fingerprint density at radius 2 is 1.66 bits per heavy atom. The minimum absolute atomic E-state index is 0.0118. The molecule has 9 nitrogen and oxygen atoms in total. The molecule has 2 rings (SSSR count). The highest BCUT2D eigenvalue weighted by atomic mass is 16.6. The molecule has 178 valence electrons. The molecule has 9 heteroatoms. The van der Waals surface area contributed by atoms with Crippen molar-refractivity contribution < 1.29 is 28.6 Å². The maximum absolute atomic E-state index is 13.0. The molecule has 1 saturated heterocycles. The fraction of sp³-hybridized carbons (Fsp3) is 0.609. The summed E-state index contributed by atoms with van der Waals surface area (Å²) in [5.74, 6) is -0.500. The van der Waals surface area contributed by atoms with E-state index in [-0.39, 0.29) is 31.4 Å². The van der Waals surface area contributed by atoms with Crippen LogP contribution >= 0.6 is 0 Å². The maximum atomic E-state index is 13.0. The van der Waals surface area contributed by atoms with Crippen LogP contribution in [0.2, 0.25) is 0 Å². The Morgan fingerprint density at radius 1 is 1.00 bits per heavy atom. The normalized spacial score (nSPS) is 17.8. The van der Waals surface area contributed by atoms with Crippen molar-refractivity contribution in [1.82, 2.24) is 15.5 Å². The van der Waals surface area contributed by atoms with E-state index < -0.39 is 11.5 Å². The lowest BCUT2D eigenvalue weighted by Gasteiger charge is -2.27. The van der Waals surface area contributed by atoms with E-state index in [1.165, 1.54) is 4.90 Å². The zero-order valence-electron chi connectivity index (χ0n) is 19.1. The third-order valence-electron chi connectivity index (χ3n) is 5.31. The molecular formula is C23H35N3O6. The van der Waals surface area contributed by atoms with Gasteiger partial charge in [0, 0.05) is 45.8 Å². The van der Waals surface area contributed by atoms with Crippen LogP contribution in [0.1, 0.15) is 32.3 Å². The van der Waals surface area contributed by atoms with Crippen LogP contribution in [-0.2, 0) is 30.4 Å². The van der Waals surface area contributed by atoms with E-state index in [9.17, 15) is 14.4 Å². The Bertz CT molecular complexity index is 730. The van der Waals surface area contributed by atoms with Gasteiger partial charge in [-0.15, -0.1) is 0 Å². The number of amides is 3. The Kier molecular flexibility index (Phi) is 11.0. The molecule has 32 heavy (non-hydrogen) atoms. The Morgan fingerprint density at radius 3 is 2.31 bits per heavy atom. The van der Waals surface area contributed by atoms with Crippen molar-refractivity contribution in [1.29, 1.82) is 0 Å². The fourth-order valence-electron chi connectivity index (χ4n) is 3.59. The smallest absolute Gasteiger partial charge is 0.410 e. The number of rotatable bonds is 13. The second-order valence-corrected chi connectivity index (χ2v) is 7.67. The second kappa shape index (κ2) is 13.7. The quantitative estimate of drug-likeness (QED) is 0.444. The molecule has 1 unspecified atom stereocenters. The molecule has 0 radical (unpaired) electrons. The van der Waals surface area contributed by atoms with Crippen LogP contribution in [0.15, 0.2) is 30.3 Å². The van der Waals surface area contributed by atoms with E-state index >= 15 is 0 Å². The number of likely N-dealkylation sites (tertiary alicyclic amines) is 1. The summed E-state index contributed by atoms with van der Waals surface area (Å²) in [5, 5.41) is 5.64. The van der Waals surface area contributed by atoms with Crippen molar-refractivity contribution >= 4 is 17.9 Å². The van der Waals surface area contributed by atoms with Gasteiger partial charge >= 0.3 is 6.09 Å². The molecule has 0 aromatic heterocycles. The molecule has 1 aliphatic heterocycles. The van der Waals surface area contributed by atoms with Gasteiger partial charge in [0.15, 0.2) is 0 Å². The van der Waals surface area contributed by atoms with Gasteiger partial charge in [0.05, 0.1) is 18.6 Å². The van der Waals surface area contributed by atoms with Crippen LogP contribution in [0.3, 0.4) is 0 Å². The Balaban J connectivity index is 1.96. The van der Waals surface area contributed by atoms with Gasteiger partial charge in [0.2, 0.25) is 11.8 Å². The first-order chi connectivity index (χ1) is 15.5. The number of nitrogens with one attached hydrogen (secondary N) is 2. The summed E-state index contributed by atoms with van der Waals surface area (Å²) in [5.41, 5.74) is -0.123. The maximum Gasteiger partial charge on any atom is 0.410 e. The van der Waals surface area contributed by atoms with Crippen LogP contribution < -0.4 is 10.6 Å². The van der Waals surface area contributed by atoms with E-state index in [0.717, 1.165) is 5.56 Å². The first-order valence-electron chi connectivity index (χ1n) is 11.2. The summed E-state index contributed by atoms with van der Waals surface area (Å²) in [7, 11) is 0. The molecular weight excluding hydrogens is 414 g/mol. The second-order valence-electron chi connectivity index (χ2n) is 7.67. The monoisotopic (exact) mass is 449 g/mol. The number of carbonyl (C=O) groups is 3. The lowest BCUT2D eigenvalue weighted by atomic mass is 9.82. The van der Waals surface area contributed by atoms with E-state index in [0.29, 0.717) is 52.5 Å². The van der Waals surface area contributed by atoms with E-state index in [2.05, 4.69) is 10.6 Å². The SMILES string of the molecule is CCOCCNC(=O)CC1(C(=O)NCCOCC)CCN(C(=O)OCc2ccccc2)C1. The minimum atomic E-state index is -1.01. The molecule has 2 N–H and O–H groups in total. The van der Waals surface area contributed by atoms with Crippen molar-refractivity contribution in [2.45, 2.75) is 33.3 Å². The summed E-state index contributed by atoms with van der Waals surface area (Å²) in [6.45, 7) is 7.04. The highest BCUT2D eigenvalue weighted by Crippen LogP contribution is 2.35. The Hall–Kier alpha value is -2.65. The van der Waals surface area contributed by atoms with E-state index in [1.54, 1.807) is 0 Å². The average Bonchev–Trinajstić information content (AvgIpc) is 3.24. The predicted octanol–water partition coefficient (Wildman–Crippen LogP) is 1.71. The molecule has 0 bridgehead atoms. The highest BCUT2D eigenvalue weighted by Gasteiger charge is 2.47. The van der Waals surface area contributed by atoms with Crippen molar-refractivity contribution in [3.63, 3.8) is 0 Å². The van der Waals surface area contributed by atoms with Crippen LogP contribution in [0.5, 0.6) is 0 Å². The van der Waals surface area contributed by atoms with Gasteiger partial charge in [-0.25, -0.2) is 4.79 Å². The van der Waals surface area contributed by atoms with Crippen LogP contribution in [-0.4, -0.2) is 75.4 Å². The molecule has 3 amide bonds. The van der Waals surface area contributed by atoms with E-state index in [1.807, 2.05) is 44.2 Å². The highest BCUT2D eigenvalue weighted by molar-refractivity contribution is 5.90. The molecule has 1 heterocycles. The van der Waals surface area contributed by atoms with Gasteiger partial charge in [-0.1, -0.05) is 30.3 Å². The van der Waals surface area contributed by atoms with Gasteiger partial charge in [0.1, 0.15) is 6.61 Å². The fourth-order valence-corrected chi connectivity index (χ4v) is 3.59. The number of benzene rings is 1. The summed E-state index contributed by atoms with van der Waals surface area (Å²) in [6.07, 6.45) is -0.121. The third-order valence-corrected chi connectivity index (χ3v) is 5.31. The molecule has 0 aliphatic carbocycles. The van der Waals surface area contributed by atoms with Crippen molar-refractivity contribution in [2.75, 3.05) is 52.6 Å². The first kappa shape index (κ1) is 25.6. The van der Waals surface area contributed by atoms with Gasteiger partial charge in [-0.05, 0) is 25.8 Å². The number of nitrogens with zero attached hydrogens (tertiary/aromatic N) is 1. The molecule has 1 aromatic rings. The van der Waals surface area contributed by atoms with Gasteiger partial charge < -0.3 is 29.7 Å². The largest absolute Gasteiger partial charge is 0.445 e. The number of ether oxygens (including phenoxy) is 3. The molecule has 1 aromatic carbocycles. The van der Waals surface area contributed by atoms with Crippen molar-refractivity contribution in [2.24, 2.45) is 5.41 Å². The topological polar surface area (TPSA) is 106 Å². The zero-order valence-corrected chi connectivity index (χ0v) is 19.1. The zero-order chi connectivity index (χ0) is 23.2. The number of hydrogen-bond donors (Lipinski definition) is 2. The first-order valence-corrected chi connectivity index (χ1v) is 11.2. The summed E-state index contributed by atoms with van der Waals surface area (Å²) in [6, 6.07) is 9.39. The Labute approximate surface area is 189 Å². The predicted molar refractivity (Wildman–Crippen MR) is 119 cm³/mol. The molecule has 1 atom stereocenters. The third kappa shape index (κ3) is 8.12. The van der Waals surface area contributed by atoms with Crippen LogP contribution in [0.25, 0.3) is 0 Å².